The summed E-state index contributed by atoms with van der Waals surface area (Å²) in [6.45, 7) is 0.0719. The Morgan fingerprint density at radius 3 is 2.21 bits per heavy atom. The van der Waals surface area contributed by atoms with Gasteiger partial charge in [0.2, 0.25) is 11.8 Å². The third kappa shape index (κ3) is 2.88. The molecule has 0 N–H and O–H groups in total. The molecule has 1 aliphatic heterocycles. The lowest BCUT2D eigenvalue weighted by Crippen LogP contribution is -2.32. The summed E-state index contributed by atoms with van der Waals surface area (Å²) in [5.41, 5.74) is 1.57. The molecule has 3 aliphatic rings. The van der Waals surface area contributed by atoms with Crippen molar-refractivity contribution in [3.63, 3.8) is 0 Å². The van der Waals surface area contributed by atoms with E-state index in [1.165, 1.54) is 4.90 Å². The van der Waals surface area contributed by atoms with Gasteiger partial charge in [0.25, 0.3) is 0 Å². The van der Waals surface area contributed by atoms with Crippen LogP contribution in [-0.4, -0.2) is 17.8 Å². The Morgan fingerprint density at radius 1 is 0.966 bits per heavy atom. The molecule has 2 bridgehead atoms. The number of hydrogen-bond donors (Lipinski definition) is 0. The molecule has 2 fully saturated rings. The van der Waals surface area contributed by atoms with Crippen LogP contribution < -0.4 is 4.90 Å². The predicted molar refractivity (Wildman–Crippen MR) is 107 cm³/mol. The first-order chi connectivity index (χ1) is 14.0. The summed E-state index contributed by atoms with van der Waals surface area (Å²) >= 11 is 6.07. The standard InChI is InChI=1S/C23H18ClNO4/c24-18-4-2-1-3-16(18)12-29-23(28)13-7-9-17(10-8-13)25-21(26)19-14-5-6-15(11-14)20(19)22(25)27/h1-10,14-15,19-20H,11-12H2/t14-,15-,19+,20+/m0/s1. The molecule has 5 nitrogen and oxygen atoms in total. The molecule has 29 heavy (non-hydrogen) atoms. The fraction of sp³-hybridized carbons (Fsp3) is 0.261. The summed E-state index contributed by atoms with van der Waals surface area (Å²) in [7, 11) is 0. The van der Waals surface area contributed by atoms with E-state index < -0.39 is 5.97 Å². The molecule has 1 heterocycles. The Morgan fingerprint density at radius 2 is 1.59 bits per heavy atom. The summed E-state index contributed by atoms with van der Waals surface area (Å²) in [6, 6.07) is 13.6. The van der Waals surface area contributed by atoms with E-state index in [9.17, 15) is 14.4 Å². The van der Waals surface area contributed by atoms with Crippen molar-refractivity contribution in [2.75, 3.05) is 4.90 Å². The number of nitrogens with zero attached hydrogens (tertiary/aromatic N) is 1. The maximum Gasteiger partial charge on any atom is 0.338 e. The van der Waals surface area contributed by atoms with Crippen LogP contribution in [0.3, 0.4) is 0 Å². The van der Waals surface area contributed by atoms with Crippen LogP contribution in [0.25, 0.3) is 0 Å². The van der Waals surface area contributed by atoms with Gasteiger partial charge in [0, 0.05) is 10.6 Å². The monoisotopic (exact) mass is 407 g/mol. The second-order valence-electron chi connectivity index (χ2n) is 7.73. The van der Waals surface area contributed by atoms with Crippen molar-refractivity contribution in [3.8, 4) is 0 Å². The highest BCUT2D eigenvalue weighted by Crippen LogP contribution is 2.53. The minimum absolute atomic E-state index is 0.0719. The molecule has 2 aromatic carbocycles. The third-order valence-electron chi connectivity index (χ3n) is 6.15. The van der Waals surface area contributed by atoms with Crippen LogP contribution in [0.2, 0.25) is 5.02 Å². The molecule has 146 valence electrons. The van der Waals surface area contributed by atoms with Crippen LogP contribution in [0.15, 0.2) is 60.7 Å². The van der Waals surface area contributed by atoms with Crippen molar-refractivity contribution in [1.29, 1.82) is 0 Å². The number of esters is 1. The summed E-state index contributed by atoms with van der Waals surface area (Å²) < 4.78 is 5.32. The molecule has 2 aliphatic carbocycles. The van der Waals surface area contributed by atoms with E-state index in [1.54, 1.807) is 36.4 Å². The van der Waals surface area contributed by atoms with E-state index in [1.807, 2.05) is 12.1 Å². The first-order valence-corrected chi connectivity index (χ1v) is 9.99. The van der Waals surface area contributed by atoms with Gasteiger partial charge in [-0.3, -0.25) is 14.5 Å². The van der Waals surface area contributed by atoms with Gasteiger partial charge in [0.15, 0.2) is 0 Å². The minimum atomic E-state index is -0.491. The Hall–Kier alpha value is -2.92. The van der Waals surface area contributed by atoms with Gasteiger partial charge in [0.1, 0.15) is 6.61 Å². The quantitative estimate of drug-likeness (QED) is 0.436. The van der Waals surface area contributed by atoms with Crippen molar-refractivity contribution in [2.45, 2.75) is 13.0 Å². The summed E-state index contributed by atoms with van der Waals surface area (Å²) in [5.74, 6) is -0.891. The molecule has 4 atom stereocenters. The Balaban J connectivity index is 1.29. The van der Waals surface area contributed by atoms with Crippen molar-refractivity contribution in [3.05, 3.63) is 76.8 Å². The van der Waals surface area contributed by atoms with Crippen LogP contribution in [0, 0.1) is 23.7 Å². The lowest BCUT2D eigenvalue weighted by atomic mass is 9.85. The number of amides is 2. The predicted octanol–water partition coefficient (Wildman–Crippen LogP) is 4.01. The first kappa shape index (κ1) is 18.1. The Kier molecular flexibility index (Phi) is 4.28. The van der Waals surface area contributed by atoms with Gasteiger partial charge >= 0.3 is 5.97 Å². The highest BCUT2D eigenvalue weighted by atomic mass is 35.5. The number of allylic oxidation sites excluding steroid dienone is 2. The Bertz CT molecular complexity index is 1020. The fourth-order valence-corrected chi connectivity index (χ4v) is 4.94. The molecule has 5 rings (SSSR count). The number of halogens is 1. The maximum atomic E-state index is 12.9. The number of anilines is 1. The zero-order chi connectivity index (χ0) is 20.1. The van der Waals surface area contributed by atoms with Gasteiger partial charge in [-0.2, -0.15) is 0 Å². The number of imide groups is 1. The van der Waals surface area contributed by atoms with Gasteiger partial charge in [-0.1, -0.05) is 42.0 Å². The zero-order valence-electron chi connectivity index (χ0n) is 15.5. The van der Waals surface area contributed by atoms with Crippen LogP contribution >= 0.6 is 11.6 Å². The van der Waals surface area contributed by atoms with E-state index in [0.717, 1.165) is 12.0 Å². The molecular formula is C23H18ClNO4. The number of fused-ring (bicyclic) bond motifs is 5. The molecule has 2 amide bonds. The van der Waals surface area contributed by atoms with E-state index in [2.05, 4.69) is 12.2 Å². The Labute approximate surface area is 172 Å². The minimum Gasteiger partial charge on any atom is -0.457 e. The summed E-state index contributed by atoms with van der Waals surface area (Å²) in [4.78, 5) is 39.3. The second kappa shape index (κ2) is 6.85. The van der Waals surface area contributed by atoms with Crippen molar-refractivity contribution >= 4 is 35.1 Å². The van der Waals surface area contributed by atoms with E-state index in [-0.39, 0.29) is 42.1 Å². The SMILES string of the molecule is O=C(OCc1ccccc1Cl)c1ccc(N2C(=O)[C@H]3[C@H](C2=O)[C@H]2C=C[C@H]3C2)cc1. The number of rotatable bonds is 4. The third-order valence-corrected chi connectivity index (χ3v) is 6.52. The number of carbonyl (C=O) groups excluding carboxylic acids is 3. The van der Waals surface area contributed by atoms with Crippen molar-refractivity contribution in [1.82, 2.24) is 0 Å². The fourth-order valence-electron chi connectivity index (χ4n) is 4.75. The van der Waals surface area contributed by atoms with Crippen LogP contribution in [0.5, 0.6) is 0 Å². The largest absolute Gasteiger partial charge is 0.457 e. The smallest absolute Gasteiger partial charge is 0.338 e. The van der Waals surface area contributed by atoms with E-state index in [4.69, 9.17) is 16.3 Å². The van der Waals surface area contributed by atoms with Crippen molar-refractivity contribution in [2.24, 2.45) is 23.7 Å². The number of hydrogen-bond acceptors (Lipinski definition) is 4. The van der Waals surface area contributed by atoms with Crippen molar-refractivity contribution < 1.29 is 19.1 Å². The summed E-state index contributed by atoms with van der Waals surface area (Å²) in [6.07, 6.45) is 5.04. The van der Waals surface area contributed by atoms with Crippen LogP contribution in [0.4, 0.5) is 5.69 Å². The average molecular weight is 408 g/mol. The normalized spacial score (nSPS) is 26.9. The van der Waals surface area contributed by atoms with E-state index in [0.29, 0.717) is 16.3 Å². The van der Waals surface area contributed by atoms with Crippen LogP contribution in [0.1, 0.15) is 22.3 Å². The molecule has 2 aromatic rings. The van der Waals surface area contributed by atoms with Gasteiger partial charge in [-0.05, 0) is 48.6 Å². The van der Waals surface area contributed by atoms with Crippen LogP contribution in [-0.2, 0) is 20.9 Å². The zero-order valence-corrected chi connectivity index (χ0v) is 16.2. The lowest BCUT2D eigenvalue weighted by molar-refractivity contribution is -0.123. The van der Waals surface area contributed by atoms with Gasteiger partial charge in [-0.25, -0.2) is 4.79 Å². The molecule has 0 unspecified atom stereocenters. The number of benzene rings is 2. The van der Waals surface area contributed by atoms with Gasteiger partial charge < -0.3 is 4.74 Å². The molecule has 0 aromatic heterocycles. The lowest BCUT2D eigenvalue weighted by Gasteiger charge is -2.17. The first-order valence-electron chi connectivity index (χ1n) is 9.61. The highest BCUT2D eigenvalue weighted by molar-refractivity contribution is 6.31. The number of carbonyl (C=O) groups is 3. The number of ether oxygens (including phenoxy) is 1. The molecule has 6 heteroatoms. The topological polar surface area (TPSA) is 63.7 Å². The summed E-state index contributed by atoms with van der Waals surface area (Å²) in [5, 5.41) is 0.538. The second-order valence-corrected chi connectivity index (χ2v) is 8.13. The van der Waals surface area contributed by atoms with Gasteiger partial charge in [0.05, 0.1) is 23.1 Å². The molecule has 1 saturated heterocycles. The highest BCUT2D eigenvalue weighted by Gasteiger charge is 2.59. The molecular weight excluding hydrogens is 390 g/mol. The molecule has 1 saturated carbocycles. The maximum absolute atomic E-state index is 12.9. The van der Waals surface area contributed by atoms with E-state index >= 15 is 0 Å². The molecule has 0 spiro atoms. The van der Waals surface area contributed by atoms with Gasteiger partial charge in [-0.15, -0.1) is 0 Å². The average Bonchev–Trinajstić information content (AvgIpc) is 3.41. The molecule has 0 radical (unpaired) electrons.